The number of carbonyl (C=O) groups is 1. The molecule has 0 saturated heterocycles. The molecule has 0 heterocycles. The summed E-state index contributed by atoms with van der Waals surface area (Å²) in [5.74, 6) is 0. The molecule has 4 saturated carbocycles. The fourth-order valence-corrected chi connectivity index (χ4v) is 8.72. The third-order valence-electron chi connectivity index (χ3n) is 7.11. The predicted molar refractivity (Wildman–Crippen MR) is 114 cm³/mol. The predicted octanol–water partition coefficient (Wildman–Crippen LogP) is 4.20. The molecular formula is C22H33N3O3S. The number of hydrogen-bond acceptors (Lipinski definition) is 3. The first-order valence-corrected chi connectivity index (χ1v) is 11.8. The van der Waals surface area contributed by atoms with Crippen LogP contribution in [0.2, 0.25) is 0 Å². The van der Waals surface area contributed by atoms with Gasteiger partial charge in [0.15, 0.2) is 0 Å². The van der Waals surface area contributed by atoms with Crippen LogP contribution in [0.15, 0.2) is 29.2 Å². The highest BCUT2D eigenvalue weighted by atomic mass is 32.2. The van der Waals surface area contributed by atoms with Gasteiger partial charge in [0.2, 0.25) is 10.0 Å². The Kier molecular flexibility index (Phi) is 4.42. The van der Waals surface area contributed by atoms with E-state index in [1.807, 2.05) is 0 Å². The van der Waals surface area contributed by atoms with E-state index in [1.165, 1.54) is 43.7 Å². The maximum Gasteiger partial charge on any atom is 0.319 e. The van der Waals surface area contributed by atoms with Crippen molar-refractivity contribution in [2.24, 2.45) is 16.2 Å². The molecule has 0 radical (unpaired) electrons. The summed E-state index contributed by atoms with van der Waals surface area (Å²) < 4.78 is 25.9. The molecule has 160 valence electrons. The van der Waals surface area contributed by atoms with Crippen molar-refractivity contribution in [1.82, 2.24) is 9.62 Å². The lowest BCUT2D eigenvalue weighted by Crippen LogP contribution is -2.68. The minimum Gasteiger partial charge on any atom is -0.332 e. The molecule has 0 atom stereocenters. The number of amides is 2. The van der Waals surface area contributed by atoms with Crippen molar-refractivity contribution < 1.29 is 13.2 Å². The van der Waals surface area contributed by atoms with Crippen LogP contribution in [0, 0.1) is 16.2 Å². The van der Waals surface area contributed by atoms with Crippen molar-refractivity contribution in [1.29, 1.82) is 0 Å². The average molecular weight is 420 g/mol. The summed E-state index contributed by atoms with van der Waals surface area (Å²) in [5, 5.41) is 6.19. The third kappa shape index (κ3) is 3.67. The fourth-order valence-electron chi connectivity index (χ4n) is 7.77. The number of hydrogen-bond donors (Lipinski definition) is 2. The average Bonchev–Trinajstić information content (AvgIpc) is 2.49. The first-order valence-electron chi connectivity index (χ1n) is 10.4. The van der Waals surface area contributed by atoms with Crippen LogP contribution in [0.1, 0.15) is 59.3 Å². The van der Waals surface area contributed by atoms with Crippen LogP contribution in [0.5, 0.6) is 0 Å². The van der Waals surface area contributed by atoms with Crippen LogP contribution < -0.4 is 10.6 Å². The van der Waals surface area contributed by atoms with Gasteiger partial charge in [-0.1, -0.05) is 26.8 Å². The summed E-state index contributed by atoms with van der Waals surface area (Å²) in [4.78, 5) is 13.1. The number of nitrogens with zero attached hydrogens (tertiary/aromatic N) is 1. The molecule has 2 amide bonds. The van der Waals surface area contributed by atoms with Crippen LogP contribution in [-0.4, -0.2) is 38.4 Å². The maximum absolute atomic E-state index is 12.9. The van der Waals surface area contributed by atoms with Gasteiger partial charge in [-0.25, -0.2) is 17.5 Å². The van der Waals surface area contributed by atoms with E-state index < -0.39 is 10.0 Å². The van der Waals surface area contributed by atoms with E-state index in [4.69, 9.17) is 0 Å². The lowest BCUT2D eigenvalue weighted by Gasteiger charge is -2.69. The standard InChI is InChI=1S/C22H33N3O3S/c1-19-10-20(2)12-21(3,11-19)15-22(13-19,14-20)24-18(26)23-16-7-6-8-17(9-16)29(27,28)25(4)5/h6-9H,10-15H2,1-5H3,(H2,23,24,26). The minimum atomic E-state index is -3.54. The van der Waals surface area contributed by atoms with Gasteiger partial charge in [-0.2, -0.15) is 0 Å². The van der Waals surface area contributed by atoms with Gasteiger partial charge in [-0.3, -0.25) is 0 Å². The number of nitrogens with one attached hydrogen (secondary N) is 2. The molecule has 4 aliphatic rings. The Bertz CT molecular complexity index is 902. The van der Waals surface area contributed by atoms with Crippen LogP contribution in [0.4, 0.5) is 10.5 Å². The molecule has 5 rings (SSSR count). The molecule has 2 N–H and O–H groups in total. The third-order valence-corrected chi connectivity index (χ3v) is 8.92. The van der Waals surface area contributed by atoms with Gasteiger partial charge in [0.05, 0.1) is 4.90 Å². The quantitative estimate of drug-likeness (QED) is 0.768. The first kappa shape index (κ1) is 20.7. The summed E-state index contributed by atoms with van der Waals surface area (Å²) in [6.45, 7) is 7.14. The van der Waals surface area contributed by atoms with E-state index in [-0.39, 0.29) is 32.7 Å². The first-order chi connectivity index (χ1) is 13.3. The SMILES string of the molecule is CN(C)S(=O)(=O)c1cccc(NC(=O)NC23CC4(C)CC(C)(CC(C)(C4)C2)C3)c1. The monoisotopic (exact) mass is 419 g/mol. The van der Waals surface area contributed by atoms with Gasteiger partial charge in [0.25, 0.3) is 0 Å². The Morgan fingerprint density at radius 1 is 0.931 bits per heavy atom. The van der Waals surface area contributed by atoms with Crippen LogP contribution in [0.25, 0.3) is 0 Å². The fraction of sp³-hybridized carbons (Fsp3) is 0.682. The summed E-state index contributed by atoms with van der Waals surface area (Å²) in [6, 6.07) is 6.18. The molecule has 0 spiro atoms. The Morgan fingerprint density at radius 3 is 1.93 bits per heavy atom. The molecule has 7 heteroatoms. The zero-order valence-corrected chi connectivity index (χ0v) is 18.9. The van der Waals surface area contributed by atoms with Crippen molar-refractivity contribution in [3.8, 4) is 0 Å². The Morgan fingerprint density at radius 2 is 1.45 bits per heavy atom. The highest BCUT2D eigenvalue weighted by molar-refractivity contribution is 7.89. The summed E-state index contributed by atoms with van der Waals surface area (Å²) in [6.07, 6.45) is 6.79. The number of rotatable bonds is 4. The summed E-state index contributed by atoms with van der Waals surface area (Å²) in [7, 11) is -0.548. The maximum atomic E-state index is 12.9. The molecule has 0 aromatic heterocycles. The molecule has 0 aliphatic heterocycles. The van der Waals surface area contributed by atoms with Gasteiger partial charge in [0, 0.05) is 25.3 Å². The Hall–Kier alpha value is -1.60. The van der Waals surface area contributed by atoms with Crippen molar-refractivity contribution in [3.05, 3.63) is 24.3 Å². The van der Waals surface area contributed by atoms with E-state index >= 15 is 0 Å². The topological polar surface area (TPSA) is 78.5 Å². The van der Waals surface area contributed by atoms with E-state index in [0.717, 1.165) is 19.3 Å². The molecule has 4 fully saturated rings. The van der Waals surface area contributed by atoms with Crippen molar-refractivity contribution >= 4 is 21.7 Å². The molecule has 4 aliphatic carbocycles. The molecule has 0 unspecified atom stereocenters. The van der Waals surface area contributed by atoms with Crippen molar-refractivity contribution in [2.75, 3.05) is 19.4 Å². The van der Waals surface area contributed by atoms with Crippen LogP contribution >= 0.6 is 0 Å². The Balaban J connectivity index is 1.53. The molecular weight excluding hydrogens is 386 g/mol. The normalized spacial score (nSPS) is 38.3. The van der Waals surface area contributed by atoms with Crippen molar-refractivity contribution in [3.63, 3.8) is 0 Å². The van der Waals surface area contributed by atoms with Gasteiger partial charge < -0.3 is 10.6 Å². The highest BCUT2D eigenvalue weighted by Crippen LogP contribution is 2.70. The minimum absolute atomic E-state index is 0.169. The van der Waals surface area contributed by atoms with Crippen LogP contribution in [-0.2, 0) is 10.0 Å². The zero-order chi connectivity index (χ0) is 21.3. The smallest absolute Gasteiger partial charge is 0.319 e. The zero-order valence-electron chi connectivity index (χ0n) is 18.1. The number of sulfonamides is 1. The highest BCUT2D eigenvalue weighted by Gasteiger charge is 2.64. The van der Waals surface area contributed by atoms with E-state index in [9.17, 15) is 13.2 Å². The number of carbonyl (C=O) groups excluding carboxylic acids is 1. The van der Waals surface area contributed by atoms with Gasteiger partial charge >= 0.3 is 6.03 Å². The summed E-state index contributed by atoms with van der Waals surface area (Å²) >= 11 is 0. The van der Waals surface area contributed by atoms with Gasteiger partial charge in [-0.05, 0) is 73.0 Å². The molecule has 29 heavy (non-hydrogen) atoms. The molecule has 4 bridgehead atoms. The van der Waals surface area contributed by atoms with Gasteiger partial charge in [0.1, 0.15) is 0 Å². The lowest BCUT2D eigenvalue weighted by molar-refractivity contribution is -0.154. The Labute approximate surface area is 174 Å². The number of anilines is 1. The van der Waals surface area contributed by atoms with Crippen LogP contribution in [0.3, 0.4) is 0 Å². The lowest BCUT2D eigenvalue weighted by atomic mass is 9.38. The largest absolute Gasteiger partial charge is 0.332 e. The second-order valence-corrected chi connectivity index (χ2v) is 13.3. The van der Waals surface area contributed by atoms with Gasteiger partial charge in [-0.15, -0.1) is 0 Å². The van der Waals surface area contributed by atoms with E-state index in [2.05, 4.69) is 31.4 Å². The second kappa shape index (κ2) is 6.20. The van der Waals surface area contributed by atoms with E-state index in [1.54, 1.807) is 18.2 Å². The molecule has 6 nitrogen and oxygen atoms in total. The van der Waals surface area contributed by atoms with Crippen molar-refractivity contribution in [2.45, 2.75) is 69.7 Å². The number of urea groups is 1. The molecule has 1 aromatic rings. The van der Waals surface area contributed by atoms with E-state index in [0.29, 0.717) is 5.69 Å². The number of benzene rings is 1. The molecule has 1 aromatic carbocycles. The summed E-state index contributed by atoms with van der Waals surface area (Å²) in [5.41, 5.74) is 1.16. The second-order valence-electron chi connectivity index (χ2n) is 11.2.